The lowest BCUT2D eigenvalue weighted by Crippen LogP contribution is -2.09. The fraction of sp³-hybridized carbons (Fsp3) is 0.286. The Balaban J connectivity index is 2.17. The van der Waals surface area contributed by atoms with Gasteiger partial charge in [-0.25, -0.2) is 9.38 Å². The largest absolute Gasteiger partial charge is 0.473 e. The van der Waals surface area contributed by atoms with Crippen LogP contribution in [0.25, 0.3) is 5.70 Å². The van der Waals surface area contributed by atoms with E-state index in [9.17, 15) is 8.96 Å². The van der Waals surface area contributed by atoms with Crippen LogP contribution in [-0.4, -0.2) is 19.2 Å². The van der Waals surface area contributed by atoms with Crippen molar-refractivity contribution < 1.29 is 13.7 Å². The summed E-state index contributed by atoms with van der Waals surface area (Å²) in [4.78, 5) is 4.38. The number of hydrogen-bond acceptors (Lipinski definition) is 3. The van der Waals surface area contributed by atoms with E-state index in [0.717, 1.165) is 10.9 Å². The highest BCUT2D eigenvalue weighted by molar-refractivity contribution is 7.70. The molecule has 0 radical (unpaired) electrons. The van der Waals surface area contributed by atoms with Gasteiger partial charge in [0.1, 0.15) is 19.1 Å². The Labute approximate surface area is 165 Å². The minimum Gasteiger partial charge on any atom is -0.473 e. The van der Waals surface area contributed by atoms with Crippen molar-refractivity contribution in [1.82, 2.24) is 0 Å². The molecule has 0 saturated heterocycles. The molecule has 0 bridgehead atoms. The van der Waals surface area contributed by atoms with Crippen LogP contribution in [0.1, 0.15) is 36.6 Å². The van der Waals surface area contributed by atoms with Crippen LogP contribution < -0.4 is 5.30 Å². The van der Waals surface area contributed by atoms with Gasteiger partial charge in [-0.05, 0) is 50.4 Å². The van der Waals surface area contributed by atoms with Crippen molar-refractivity contribution in [2.45, 2.75) is 26.9 Å². The van der Waals surface area contributed by atoms with Crippen LogP contribution in [0.15, 0.2) is 48.0 Å². The van der Waals surface area contributed by atoms with Crippen LogP contribution in [-0.2, 0) is 9.30 Å². The van der Waals surface area contributed by atoms with Crippen LogP contribution in [0.2, 0.25) is 5.02 Å². The summed E-state index contributed by atoms with van der Waals surface area (Å²) in [5.41, 5.74) is 2.39. The number of ether oxygens (including phenoxy) is 1. The molecule has 1 atom stereocenters. The van der Waals surface area contributed by atoms with Gasteiger partial charge in [0, 0.05) is 22.8 Å². The number of rotatable bonds is 5. The molecule has 2 rings (SSSR count). The predicted molar refractivity (Wildman–Crippen MR) is 113 cm³/mol. The Morgan fingerprint density at radius 3 is 2.37 bits per heavy atom. The average molecular weight is 408 g/mol. The highest BCUT2D eigenvalue weighted by Gasteiger charge is 2.17. The van der Waals surface area contributed by atoms with Gasteiger partial charge in [-0.15, -0.1) is 0 Å². The highest BCUT2D eigenvalue weighted by atomic mass is 35.5. The molecule has 2 aromatic carbocycles. The molecule has 0 aromatic heterocycles. The topological polar surface area (TPSA) is 38.7 Å². The van der Waals surface area contributed by atoms with Crippen molar-refractivity contribution in [2.75, 3.05) is 13.3 Å². The number of aliphatic imine (C=N–C) groups is 1. The summed E-state index contributed by atoms with van der Waals surface area (Å²) in [5, 5.41) is 1.26. The van der Waals surface area contributed by atoms with E-state index < -0.39 is 13.2 Å². The minimum absolute atomic E-state index is 0.326. The molecule has 2 aromatic rings. The Kier molecular flexibility index (Phi) is 6.67. The molecule has 144 valence electrons. The monoisotopic (exact) mass is 407 g/mol. The van der Waals surface area contributed by atoms with E-state index in [1.54, 1.807) is 34.1 Å². The van der Waals surface area contributed by atoms with Gasteiger partial charge in [0.25, 0.3) is 0 Å². The Morgan fingerprint density at radius 1 is 1.22 bits per heavy atom. The molecule has 0 aliphatic rings. The first-order chi connectivity index (χ1) is 12.5. The van der Waals surface area contributed by atoms with E-state index >= 15 is 0 Å². The molecular formula is C21H24ClFNO2P. The first-order valence-electron chi connectivity index (χ1n) is 8.52. The second kappa shape index (κ2) is 8.41. The third-order valence-corrected chi connectivity index (χ3v) is 6.14. The molecule has 6 heteroatoms. The Bertz CT molecular complexity index is 932. The second-order valence-corrected chi connectivity index (χ2v) is 10.4. The van der Waals surface area contributed by atoms with Crippen LogP contribution in [0.3, 0.4) is 0 Å². The molecule has 0 N–H and O–H groups in total. The molecule has 0 aliphatic carbocycles. The Hall–Kier alpha value is -1.90. The van der Waals surface area contributed by atoms with Gasteiger partial charge in [-0.2, -0.15) is 0 Å². The smallest absolute Gasteiger partial charge is 0.185 e. The first-order valence-corrected chi connectivity index (χ1v) is 11.5. The average Bonchev–Trinajstić information content (AvgIpc) is 2.57. The predicted octanol–water partition coefficient (Wildman–Crippen LogP) is 6.20. The van der Waals surface area contributed by atoms with E-state index in [2.05, 4.69) is 11.6 Å². The molecular weight excluding hydrogens is 384 g/mol. The summed E-state index contributed by atoms with van der Waals surface area (Å²) in [5.74, 6) is 0.0704. The molecule has 0 heterocycles. The minimum atomic E-state index is -2.30. The summed E-state index contributed by atoms with van der Waals surface area (Å²) >= 11 is 6.21. The lowest BCUT2D eigenvalue weighted by molar-refractivity contribution is 0.209. The zero-order chi connectivity index (χ0) is 20.4. The van der Waals surface area contributed by atoms with Crippen molar-refractivity contribution in [3.8, 4) is 0 Å². The molecule has 0 aliphatic heterocycles. The van der Waals surface area contributed by atoms with Gasteiger partial charge in [-0.1, -0.05) is 42.4 Å². The van der Waals surface area contributed by atoms with Gasteiger partial charge in [0.15, 0.2) is 5.90 Å². The van der Waals surface area contributed by atoms with Crippen LogP contribution in [0.5, 0.6) is 0 Å². The van der Waals surface area contributed by atoms with Gasteiger partial charge >= 0.3 is 0 Å². The molecule has 0 fully saturated rings. The number of hydrogen-bond donors (Lipinski definition) is 0. The van der Waals surface area contributed by atoms with Crippen LogP contribution in [0.4, 0.5) is 4.39 Å². The molecule has 3 nitrogen and oxygen atoms in total. The number of benzene rings is 2. The zero-order valence-corrected chi connectivity index (χ0v) is 17.9. The van der Waals surface area contributed by atoms with Gasteiger partial charge in [0.05, 0.1) is 5.70 Å². The number of halogens is 2. The van der Waals surface area contributed by atoms with Crippen molar-refractivity contribution in [3.63, 3.8) is 0 Å². The SMILES string of the molecule is C=C(N=C(C)OC(C)c1c(Cl)ccc(F)c1C)c1ccc(P(C)(C)=O)cc1. The van der Waals surface area contributed by atoms with E-state index in [1.165, 1.54) is 12.1 Å². The summed E-state index contributed by atoms with van der Waals surface area (Å²) in [6.45, 7) is 12.6. The first kappa shape index (κ1) is 21.4. The van der Waals surface area contributed by atoms with Crippen molar-refractivity contribution >= 4 is 35.6 Å². The lowest BCUT2D eigenvalue weighted by atomic mass is 10.0. The molecule has 0 spiro atoms. The maximum Gasteiger partial charge on any atom is 0.185 e. The third kappa shape index (κ3) is 5.31. The van der Waals surface area contributed by atoms with Crippen LogP contribution >= 0.6 is 18.7 Å². The quantitative estimate of drug-likeness (QED) is 0.336. The van der Waals surface area contributed by atoms with Gasteiger partial charge in [0.2, 0.25) is 0 Å². The third-order valence-electron chi connectivity index (χ3n) is 4.26. The zero-order valence-electron chi connectivity index (χ0n) is 16.2. The summed E-state index contributed by atoms with van der Waals surface area (Å²) in [6, 6.07) is 10.2. The fourth-order valence-electron chi connectivity index (χ4n) is 2.78. The lowest BCUT2D eigenvalue weighted by Gasteiger charge is -2.18. The summed E-state index contributed by atoms with van der Waals surface area (Å²) < 4.78 is 31.7. The second-order valence-electron chi connectivity index (χ2n) is 6.80. The molecule has 0 saturated carbocycles. The van der Waals surface area contributed by atoms with Gasteiger partial charge in [-0.3, -0.25) is 0 Å². The molecule has 27 heavy (non-hydrogen) atoms. The maximum absolute atomic E-state index is 13.8. The standard InChI is InChI=1S/C21H24ClFNO2P/c1-13-20(23)12-11-19(22)21(13)15(3)26-16(4)24-14(2)17-7-9-18(10-8-17)27(5,6)25/h7-12,15H,2H2,1,3-6H3. The van der Waals surface area contributed by atoms with E-state index in [-0.39, 0.29) is 5.82 Å². The van der Waals surface area contributed by atoms with E-state index in [0.29, 0.717) is 27.7 Å². The van der Waals surface area contributed by atoms with Crippen molar-refractivity contribution in [1.29, 1.82) is 0 Å². The van der Waals surface area contributed by atoms with Crippen LogP contribution in [0, 0.1) is 12.7 Å². The van der Waals surface area contributed by atoms with E-state index in [4.69, 9.17) is 16.3 Å². The normalized spacial score (nSPS) is 13.4. The molecule has 0 amide bonds. The fourth-order valence-corrected chi connectivity index (χ4v) is 4.00. The highest BCUT2D eigenvalue weighted by Crippen LogP contribution is 2.35. The van der Waals surface area contributed by atoms with Crippen molar-refractivity contribution in [2.24, 2.45) is 4.99 Å². The molecule has 1 unspecified atom stereocenters. The van der Waals surface area contributed by atoms with Gasteiger partial charge < -0.3 is 9.30 Å². The van der Waals surface area contributed by atoms with Crippen molar-refractivity contribution in [3.05, 3.63) is 70.5 Å². The Morgan fingerprint density at radius 2 is 1.81 bits per heavy atom. The summed E-state index contributed by atoms with van der Waals surface area (Å²) in [6.07, 6.45) is -0.460. The maximum atomic E-state index is 13.8. The summed E-state index contributed by atoms with van der Waals surface area (Å²) in [7, 11) is -2.30. The number of nitrogens with zero attached hydrogens (tertiary/aromatic N) is 1. The van der Waals surface area contributed by atoms with E-state index in [1.807, 2.05) is 24.3 Å².